The number of benzene rings is 1. The minimum Gasteiger partial charge on any atom is -0.481 e. The summed E-state index contributed by atoms with van der Waals surface area (Å²) in [6.07, 6.45) is -0.0597. The Morgan fingerprint density at radius 2 is 1.83 bits per heavy atom. The number of rotatable bonds is 3. The Morgan fingerprint density at radius 1 is 1.17 bits per heavy atom. The highest BCUT2D eigenvalue weighted by Gasteiger charge is 2.19. The number of halogens is 1. The fraction of sp³-hybridized carbons (Fsp3) is 0.235. The average molecular weight is 330 g/mol. The number of aryl methyl sites for hydroxylation is 3. The molecule has 2 heterocycles. The number of carboxylic acids is 1. The molecule has 0 radical (unpaired) electrons. The van der Waals surface area contributed by atoms with Crippen molar-refractivity contribution >= 4 is 23.2 Å². The minimum atomic E-state index is -0.876. The first-order chi connectivity index (χ1) is 10.9. The highest BCUT2D eigenvalue weighted by atomic mass is 35.5. The van der Waals surface area contributed by atoms with Gasteiger partial charge in [-0.1, -0.05) is 23.7 Å². The molecule has 2 aromatic heterocycles. The van der Waals surface area contributed by atoms with Gasteiger partial charge in [0.25, 0.3) is 0 Å². The molecule has 3 aromatic rings. The lowest BCUT2D eigenvalue weighted by Gasteiger charge is -2.09. The number of fused-ring (bicyclic) bond motifs is 1. The van der Waals surface area contributed by atoms with Crippen molar-refractivity contribution in [3.63, 3.8) is 0 Å². The van der Waals surface area contributed by atoms with Crippen molar-refractivity contribution in [1.29, 1.82) is 0 Å². The highest BCUT2D eigenvalue weighted by Crippen LogP contribution is 2.30. The van der Waals surface area contributed by atoms with Gasteiger partial charge in [-0.2, -0.15) is 5.10 Å². The van der Waals surface area contributed by atoms with E-state index in [1.54, 1.807) is 4.52 Å². The number of carboxylic acid groups (broad SMARTS) is 1. The molecule has 3 rings (SSSR count). The molecule has 0 aliphatic rings. The summed E-state index contributed by atoms with van der Waals surface area (Å²) in [7, 11) is 0. The van der Waals surface area contributed by atoms with Crippen LogP contribution in [0.3, 0.4) is 0 Å². The molecule has 5 nitrogen and oxygen atoms in total. The van der Waals surface area contributed by atoms with Crippen LogP contribution >= 0.6 is 11.6 Å². The Balaban J connectivity index is 2.27. The molecule has 0 amide bonds. The molecule has 0 aliphatic carbocycles. The van der Waals surface area contributed by atoms with Gasteiger partial charge in [-0.05, 0) is 38.5 Å². The number of hydrogen-bond donors (Lipinski definition) is 1. The fourth-order valence-electron chi connectivity index (χ4n) is 2.83. The van der Waals surface area contributed by atoms with Crippen LogP contribution in [0.5, 0.6) is 0 Å². The molecule has 118 valence electrons. The second kappa shape index (κ2) is 5.66. The van der Waals surface area contributed by atoms with E-state index < -0.39 is 5.97 Å². The zero-order chi connectivity index (χ0) is 16.7. The number of aromatic nitrogens is 3. The number of aliphatic carboxylic acids is 1. The summed E-state index contributed by atoms with van der Waals surface area (Å²) >= 11 is 5.96. The molecule has 1 aromatic carbocycles. The van der Waals surface area contributed by atoms with Gasteiger partial charge in [-0.15, -0.1) is 0 Å². The summed E-state index contributed by atoms with van der Waals surface area (Å²) in [6.45, 7) is 5.63. The molecule has 0 bridgehead atoms. The Morgan fingerprint density at radius 3 is 2.43 bits per heavy atom. The number of hydrogen-bond acceptors (Lipinski definition) is 3. The third-order valence-electron chi connectivity index (χ3n) is 3.96. The third kappa shape index (κ3) is 2.68. The first-order valence-electron chi connectivity index (χ1n) is 7.21. The summed E-state index contributed by atoms with van der Waals surface area (Å²) in [6, 6.07) is 7.53. The van der Waals surface area contributed by atoms with Crippen LogP contribution in [0.1, 0.15) is 22.6 Å². The van der Waals surface area contributed by atoms with E-state index in [9.17, 15) is 4.79 Å². The summed E-state index contributed by atoms with van der Waals surface area (Å²) in [4.78, 5) is 15.7. The van der Waals surface area contributed by atoms with Gasteiger partial charge in [0, 0.05) is 27.5 Å². The zero-order valence-corrected chi connectivity index (χ0v) is 13.8. The third-order valence-corrected chi connectivity index (χ3v) is 4.21. The van der Waals surface area contributed by atoms with E-state index >= 15 is 0 Å². The van der Waals surface area contributed by atoms with Crippen molar-refractivity contribution in [2.24, 2.45) is 0 Å². The van der Waals surface area contributed by atoms with E-state index in [1.165, 1.54) is 0 Å². The summed E-state index contributed by atoms with van der Waals surface area (Å²) in [5.41, 5.74) is 5.72. The highest BCUT2D eigenvalue weighted by molar-refractivity contribution is 6.30. The van der Waals surface area contributed by atoms with E-state index in [2.05, 4.69) is 10.1 Å². The van der Waals surface area contributed by atoms with Crippen LogP contribution < -0.4 is 0 Å². The topological polar surface area (TPSA) is 67.5 Å². The van der Waals surface area contributed by atoms with Crippen LogP contribution in [-0.2, 0) is 11.2 Å². The number of nitrogens with zero attached hydrogens (tertiary/aromatic N) is 3. The van der Waals surface area contributed by atoms with Crippen molar-refractivity contribution < 1.29 is 9.90 Å². The van der Waals surface area contributed by atoms with Crippen LogP contribution in [0, 0.1) is 20.8 Å². The second-order valence-corrected chi connectivity index (χ2v) is 5.97. The van der Waals surface area contributed by atoms with Gasteiger partial charge in [0.1, 0.15) is 0 Å². The summed E-state index contributed by atoms with van der Waals surface area (Å²) < 4.78 is 1.73. The maximum atomic E-state index is 11.1. The SMILES string of the molecule is Cc1nc2c(-c3ccc(Cl)cc3)c(C)nn2c(C)c1CC(=O)O. The van der Waals surface area contributed by atoms with Crippen molar-refractivity contribution in [2.75, 3.05) is 0 Å². The van der Waals surface area contributed by atoms with E-state index in [1.807, 2.05) is 45.0 Å². The van der Waals surface area contributed by atoms with Gasteiger partial charge in [0.05, 0.1) is 12.1 Å². The maximum absolute atomic E-state index is 11.1. The Kier molecular flexibility index (Phi) is 3.82. The van der Waals surface area contributed by atoms with Gasteiger partial charge >= 0.3 is 5.97 Å². The van der Waals surface area contributed by atoms with Crippen molar-refractivity contribution in [3.05, 3.63) is 51.9 Å². The smallest absolute Gasteiger partial charge is 0.307 e. The molecule has 1 N–H and O–H groups in total. The quantitative estimate of drug-likeness (QED) is 0.797. The van der Waals surface area contributed by atoms with E-state index in [-0.39, 0.29) is 6.42 Å². The molecular formula is C17H16ClN3O2. The lowest BCUT2D eigenvalue weighted by molar-refractivity contribution is -0.136. The summed E-state index contributed by atoms with van der Waals surface area (Å²) in [5.74, 6) is -0.876. The van der Waals surface area contributed by atoms with Gasteiger partial charge in [-0.25, -0.2) is 9.50 Å². The predicted molar refractivity (Wildman–Crippen MR) is 89.0 cm³/mol. The molecule has 23 heavy (non-hydrogen) atoms. The molecule has 0 saturated carbocycles. The zero-order valence-electron chi connectivity index (χ0n) is 13.1. The molecular weight excluding hydrogens is 314 g/mol. The molecule has 0 aliphatic heterocycles. The van der Waals surface area contributed by atoms with Crippen LogP contribution in [0.2, 0.25) is 5.02 Å². The standard InChI is InChI=1S/C17H16ClN3O2/c1-9-14(8-15(22)23)11(3)21-17(19-9)16(10(2)20-21)12-4-6-13(18)7-5-12/h4-7H,8H2,1-3H3,(H,22,23). The first kappa shape index (κ1) is 15.5. The molecule has 0 unspecified atom stereocenters. The van der Waals surface area contributed by atoms with Crippen LogP contribution in [0.25, 0.3) is 16.8 Å². The largest absolute Gasteiger partial charge is 0.481 e. The van der Waals surface area contributed by atoms with Gasteiger partial charge in [0.2, 0.25) is 0 Å². The average Bonchev–Trinajstić information content (AvgIpc) is 2.81. The Hall–Kier alpha value is -2.40. The van der Waals surface area contributed by atoms with E-state index in [0.717, 1.165) is 28.2 Å². The van der Waals surface area contributed by atoms with Crippen molar-refractivity contribution in [1.82, 2.24) is 14.6 Å². The van der Waals surface area contributed by atoms with Gasteiger partial charge in [-0.3, -0.25) is 4.79 Å². The second-order valence-electron chi connectivity index (χ2n) is 5.53. The summed E-state index contributed by atoms with van der Waals surface area (Å²) in [5, 5.41) is 14.3. The molecule has 0 spiro atoms. The van der Waals surface area contributed by atoms with E-state index in [4.69, 9.17) is 16.7 Å². The molecule has 0 saturated heterocycles. The van der Waals surface area contributed by atoms with Gasteiger partial charge < -0.3 is 5.11 Å². The van der Waals surface area contributed by atoms with E-state index in [0.29, 0.717) is 16.3 Å². The van der Waals surface area contributed by atoms with Crippen molar-refractivity contribution in [2.45, 2.75) is 27.2 Å². The minimum absolute atomic E-state index is 0.0597. The van der Waals surface area contributed by atoms with Gasteiger partial charge in [0.15, 0.2) is 5.65 Å². The van der Waals surface area contributed by atoms with Crippen molar-refractivity contribution in [3.8, 4) is 11.1 Å². The predicted octanol–water partition coefficient (Wildman–Crippen LogP) is 3.60. The Bertz CT molecular complexity index is 914. The fourth-order valence-corrected chi connectivity index (χ4v) is 2.96. The van der Waals surface area contributed by atoms with Crippen LogP contribution in [0.4, 0.5) is 0 Å². The lowest BCUT2D eigenvalue weighted by atomic mass is 10.1. The molecule has 6 heteroatoms. The molecule has 0 atom stereocenters. The van der Waals surface area contributed by atoms with Crippen LogP contribution in [0.15, 0.2) is 24.3 Å². The lowest BCUT2D eigenvalue weighted by Crippen LogP contribution is -2.10. The monoisotopic (exact) mass is 329 g/mol. The van der Waals surface area contributed by atoms with Crippen LogP contribution in [-0.4, -0.2) is 25.7 Å². The maximum Gasteiger partial charge on any atom is 0.307 e. The normalized spacial score (nSPS) is 11.1. The molecule has 0 fully saturated rings. The first-order valence-corrected chi connectivity index (χ1v) is 7.59. The number of carbonyl (C=O) groups is 1. The Labute approximate surface area is 138 Å².